The zero-order valence-electron chi connectivity index (χ0n) is 10.6. The fraction of sp³-hybridized carbons (Fsp3) is 0.167. The Morgan fingerprint density at radius 1 is 1.30 bits per heavy atom. The van der Waals surface area contributed by atoms with Gasteiger partial charge in [-0.25, -0.2) is 8.42 Å². The van der Waals surface area contributed by atoms with E-state index < -0.39 is 10.0 Å². The third kappa shape index (κ3) is 3.35. The van der Waals surface area contributed by atoms with Gasteiger partial charge >= 0.3 is 5.97 Å². The lowest BCUT2D eigenvalue weighted by Crippen LogP contribution is -2.13. The molecule has 1 heterocycles. The molecular weight excluding hydrogens is 284 g/mol. The standard InChI is InChI=1S/C12H12N2O5S/c1-18-12(15)8-9-2-4-10(5-3-9)20(16,17)14-11-6-7-19-13-11/h2-7H,8H2,1H3,(H,13,14). The summed E-state index contributed by atoms with van der Waals surface area (Å²) in [6.45, 7) is 0. The van der Waals surface area contributed by atoms with E-state index in [1.165, 1.54) is 31.6 Å². The maximum atomic E-state index is 12.0. The number of methoxy groups -OCH3 is 1. The summed E-state index contributed by atoms with van der Waals surface area (Å²) in [4.78, 5) is 11.2. The summed E-state index contributed by atoms with van der Waals surface area (Å²) in [5.41, 5.74) is 0.664. The summed E-state index contributed by atoms with van der Waals surface area (Å²) in [7, 11) is -2.43. The highest BCUT2D eigenvalue weighted by atomic mass is 32.2. The molecule has 0 saturated heterocycles. The third-order valence-electron chi connectivity index (χ3n) is 2.49. The van der Waals surface area contributed by atoms with Crippen LogP contribution in [0.2, 0.25) is 0 Å². The van der Waals surface area contributed by atoms with Crippen LogP contribution in [0, 0.1) is 0 Å². The molecule has 0 amide bonds. The fourth-order valence-electron chi connectivity index (χ4n) is 1.49. The Morgan fingerprint density at radius 2 is 2.00 bits per heavy atom. The lowest BCUT2D eigenvalue weighted by molar-refractivity contribution is -0.139. The number of hydrogen-bond acceptors (Lipinski definition) is 6. The van der Waals surface area contributed by atoms with Crippen molar-refractivity contribution >= 4 is 21.8 Å². The molecule has 0 aliphatic carbocycles. The van der Waals surface area contributed by atoms with Crippen molar-refractivity contribution < 1.29 is 22.5 Å². The minimum atomic E-state index is -3.72. The summed E-state index contributed by atoms with van der Waals surface area (Å²) in [6, 6.07) is 7.30. The summed E-state index contributed by atoms with van der Waals surface area (Å²) in [6.07, 6.45) is 1.35. The number of carbonyl (C=O) groups excluding carboxylic acids is 1. The first-order valence-corrected chi connectivity index (χ1v) is 7.08. The number of hydrogen-bond donors (Lipinski definition) is 1. The molecule has 0 bridgehead atoms. The Balaban J connectivity index is 2.14. The molecule has 20 heavy (non-hydrogen) atoms. The van der Waals surface area contributed by atoms with Crippen molar-refractivity contribution in [3.05, 3.63) is 42.2 Å². The Morgan fingerprint density at radius 3 is 2.55 bits per heavy atom. The number of nitrogens with one attached hydrogen (secondary N) is 1. The van der Waals surface area contributed by atoms with Gasteiger partial charge in [0.15, 0.2) is 5.82 Å². The van der Waals surface area contributed by atoms with Gasteiger partial charge in [0.25, 0.3) is 10.0 Å². The first-order chi connectivity index (χ1) is 9.51. The van der Waals surface area contributed by atoms with E-state index in [9.17, 15) is 13.2 Å². The lowest BCUT2D eigenvalue weighted by Gasteiger charge is -2.06. The number of anilines is 1. The van der Waals surface area contributed by atoms with E-state index in [1.54, 1.807) is 12.1 Å². The number of ether oxygens (including phenoxy) is 1. The molecule has 106 valence electrons. The summed E-state index contributed by atoms with van der Waals surface area (Å²) in [5, 5.41) is 3.47. The van der Waals surface area contributed by atoms with Crippen LogP contribution in [0.25, 0.3) is 0 Å². The fourth-order valence-corrected chi connectivity index (χ4v) is 2.48. The van der Waals surface area contributed by atoms with Crippen molar-refractivity contribution in [2.75, 3.05) is 11.8 Å². The molecule has 2 rings (SSSR count). The summed E-state index contributed by atoms with van der Waals surface area (Å²) in [5.74, 6) is -0.287. The van der Waals surface area contributed by atoms with Gasteiger partial charge < -0.3 is 9.26 Å². The molecule has 1 N–H and O–H groups in total. The minimum absolute atomic E-state index is 0.0640. The second-order valence-corrected chi connectivity index (χ2v) is 5.57. The van der Waals surface area contributed by atoms with Gasteiger partial charge in [-0.15, -0.1) is 0 Å². The van der Waals surface area contributed by atoms with Gasteiger partial charge in [-0.3, -0.25) is 9.52 Å². The van der Waals surface area contributed by atoms with E-state index in [4.69, 9.17) is 0 Å². The van der Waals surface area contributed by atoms with Crippen molar-refractivity contribution in [3.63, 3.8) is 0 Å². The van der Waals surface area contributed by atoms with Crippen LogP contribution < -0.4 is 4.72 Å². The molecule has 8 heteroatoms. The van der Waals surface area contributed by atoms with Crippen LogP contribution in [0.3, 0.4) is 0 Å². The van der Waals surface area contributed by atoms with Crippen molar-refractivity contribution in [1.82, 2.24) is 5.16 Å². The monoisotopic (exact) mass is 296 g/mol. The minimum Gasteiger partial charge on any atom is -0.469 e. The average Bonchev–Trinajstić information content (AvgIpc) is 2.91. The molecule has 0 fully saturated rings. The molecule has 0 spiro atoms. The van der Waals surface area contributed by atoms with E-state index in [0.717, 1.165) is 0 Å². The first kappa shape index (κ1) is 14.1. The van der Waals surface area contributed by atoms with Gasteiger partial charge in [0.1, 0.15) is 6.26 Å². The van der Waals surface area contributed by atoms with Gasteiger partial charge in [0, 0.05) is 6.07 Å². The average molecular weight is 296 g/mol. The summed E-state index contributed by atoms with van der Waals surface area (Å²) < 4.78 is 35.3. The molecule has 0 aliphatic heterocycles. The highest BCUT2D eigenvalue weighted by molar-refractivity contribution is 7.92. The number of carbonyl (C=O) groups is 1. The zero-order valence-corrected chi connectivity index (χ0v) is 11.4. The highest BCUT2D eigenvalue weighted by Crippen LogP contribution is 2.15. The molecule has 1 aromatic carbocycles. The quantitative estimate of drug-likeness (QED) is 0.832. The van der Waals surface area contributed by atoms with Gasteiger partial charge in [-0.1, -0.05) is 17.3 Å². The smallest absolute Gasteiger partial charge is 0.309 e. The first-order valence-electron chi connectivity index (χ1n) is 5.60. The van der Waals surface area contributed by atoms with Gasteiger partial charge in [-0.2, -0.15) is 0 Å². The molecule has 1 aromatic heterocycles. The number of benzene rings is 1. The number of aromatic nitrogens is 1. The molecule has 7 nitrogen and oxygen atoms in total. The van der Waals surface area contributed by atoms with Crippen LogP contribution in [0.1, 0.15) is 5.56 Å². The van der Waals surface area contributed by atoms with Crippen molar-refractivity contribution in [3.8, 4) is 0 Å². The summed E-state index contributed by atoms with van der Waals surface area (Å²) >= 11 is 0. The van der Waals surface area contributed by atoms with Crippen molar-refractivity contribution in [1.29, 1.82) is 0 Å². The number of nitrogens with zero attached hydrogens (tertiary/aromatic N) is 1. The van der Waals surface area contributed by atoms with Crippen LogP contribution in [-0.4, -0.2) is 26.7 Å². The van der Waals surface area contributed by atoms with Crippen molar-refractivity contribution in [2.45, 2.75) is 11.3 Å². The number of rotatable bonds is 5. The lowest BCUT2D eigenvalue weighted by atomic mass is 10.2. The third-order valence-corrected chi connectivity index (χ3v) is 3.86. The maximum Gasteiger partial charge on any atom is 0.309 e. The van der Waals surface area contributed by atoms with Crippen LogP contribution in [0.15, 0.2) is 46.0 Å². The zero-order chi connectivity index (χ0) is 14.6. The largest absolute Gasteiger partial charge is 0.469 e. The van der Waals surface area contributed by atoms with E-state index in [1.807, 2.05) is 0 Å². The Bertz CT molecular complexity index is 677. The molecular formula is C12H12N2O5S. The topological polar surface area (TPSA) is 98.5 Å². The van der Waals surface area contributed by atoms with Crippen molar-refractivity contribution in [2.24, 2.45) is 0 Å². The molecule has 0 aliphatic rings. The normalized spacial score (nSPS) is 11.1. The molecule has 2 aromatic rings. The second kappa shape index (κ2) is 5.74. The van der Waals surface area contributed by atoms with Crippen LogP contribution >= 0.6 is 0 Å². The number of sulfonamides is 1. The molecule has 0 saturated carbocycles. The Kier molecular flexibility index (Phi) is 4.04. The SMILES string of the molecule is COC(=O)Cc1ccc(S(=O)(=O)Nc2ccon2)cc1. The number of esters is 1. The molecule has 0 atom stereocenters. The van der Waals surface area contributed by atoms with E-state index in [0.29, 0.717) is 5.56 Å². The Hall–Kier alpha value is -2.35. The van der Waals surface area contributed by atoms with Crippen LogP contribution in [0.5, 0.6) is 0 Å². The highest BCUT2D eigenvalue weighted by Gasteiger charge is 2.15. The van der Waals surface area contributed by atoms with Gasteiger partial charge in [0.2, 0.25) is 0 Å². The van der Waals surface area contributed by atoms with Crippen LogP contribution in [0.4, 0.5) is 5.82 Å². The molecule has 0 unspecified atom stereocenters. The van der Waals surface area contributed by atoms with E-state index >= 15 is 0 Å². The molecule has 0 radical (unpaired) electrons. The van der Waals surface area contributed by atoms with E-state index in [2.05, 4.69) is 19.1 Å². The second-order valence-electron chi connectivity index (χ2n) is 3.89. The Labute approximate surface area is 115 Å². The van der Waals surface area contributed by atoms with Gasteiger partial charge in [0.05, 0.1) is 18.4 Å². The van der Waals surface area contributed by atoms with E-state index in [-0.39, 0.29) is 23.1 Å². The maximum absolute atomic E-state index is 12.0. The predicted octanol–water partition coefficient (Wildman–Crippen LogP) is 1.19. The van der Waals surface area contributed by atoms with Crippen LogP contribution in [-0.2, 0) is 26.0 Å². The van der Waals surface area contributed by atoms with Gasteiger partial charge in [-0.05, 0) is 17.7 Å². The predicted molar refractivity (Wildman–Crippen MR) is 69.5 cm³/mol.